The van der Waals surface area contributed by atoms with Gasteiger partial charge < -0.3 is 10.1 Å². The van der Waals surface area contributed by atoms with Crippen LogP contribution in [0.4, 0.5) is 5.69 Å². The van der Waals surface area contributed by atoms with Gasteiger partial charge in [-0.3, -0.25) is 18.7 Å². The molecule has 30 heavy (non-hydrogen) atoms. The molecule has 2 heterocycles. The fourth-order valence-corrected chi connectivity index (χ4v) is 3.49. The van der Waals surface area contributed by atoms with E-state index >= 15 is 0 Å². The Hall–Kier alpha value is -2.84. The van der Waals surface area contributed by atoms with Gasteiger partial charge in [0, 0.05) is 25.3 Å². The summed E-state index contributed by atoms with van der Waals surface area (Å²) in [4.78, 5) is 42.0. The summed E-state index contributed by atoms with van der Waals surface area (Å²) >= 11 is 11.9. The molecule has 0 spiro atoms. The van der Waals surface area contributed by atoms with Crippen molar-refractivity contribution in [3.05, 3.63) is 60.8 Å². The molecular formula is C20H20Cl2N4O4. The number of ether oxygens (including phenoxy) is 1. The minimum Gasteiger partial charge on any atom is -0.482 e. The molecule has 0 aliphatic rings. The molecule has 0 bridgehead atoms. The Kier molecular flexibility index (Phi) is 6.19. The van der Waals surface area contributed by atoms with Crippen molar-refractivity contribution >= 4 is 45.8 Å². The van der Waals surface area contributed by atoms with E-state index in [1.54, 1.807) is 18.3 Å². The Bertz CT molecular complexity index is 1260. The summed E-state index contributed by atoms with van der Waals surface area (Å²) in [6.45, 7) is 3.48. The van der Waals surface area contributed by atoms with Crippen molar-refractivity contribution in [1.29, 1.82) is 0 Å². The fourth-order valence-electron chi connectivity index (χ4n) is 3.03. The average molecular weight is 451 g/mol. The third-order valence-corrected chi connectivity index (χ3v) is 5.17. The first-order valence-electron chi connectivity index (χ1n) is 9.08. The van der Waals surface area contributed by atoms with Crippen LogP contribution in [-0.2, 0) is 18.9 Å². The van der Waals surface area contributed by atoms with Gasteiger partial charge in [0.25, 0.3) is 11.5 Å². The predicted octanol–water partition coefficient (Wildman–Crippen LogP) is 3.08. The molecule has 0 aliphatic heterocycles. The minimum absolute atomic E-state index is 0.0363. The molecule has 158 valence electrons. The van der Waals surface area contributed by atoms with Crippen molar-refractivity contribution in [2.45, 2.75) is 19.8 Å². The first kappa shape index (κ1) is 21.9. The lowest BCUT2D eigenvalue weighted by Crippen LogP contribution is -2.38. The average Bonchev–Trinajstić information content (AvgIpc) is 2.69. The van der Waals surface area contributed by atoms with Crippen molar-refractivity contribution < 1.29 is 9.53 Å². The van der Waals surface area contributed by atoms with Crippen molar-refractivity contribution in [3.8, 4) is 5.75 Å². The maximum absolute atomic E-state index is 12.8. The van der Waals surface area contributed by atoms with E-state index in [0.29, 0.717) is 22.0 Å². The maximum Gasteiger partial charge on any atom is 0.332 e. The highest BCUT2D eigenvalue weighted by atomic mass is 35.5. The fraction of sp³-hybridized carbons (Fsp3) is 0.300. The van der Waals surface area contributed by atoms with Gasteiger partial charge in [0.15, 0.2) is 12.3 Å². The molecule has 8 nitrogen and oxygen atoms in total. The number of benzene rings is 1. The van der Waals surface area contributed by atoms with Crippen molar-refractivity contribution in [2.75, 3.05) is 11.9 Å². The van der Waals surface area contributed by atoms with E-state index in [9.17, 15) is 14.4 Å². The van der Waals surface area contributed by atoms with Crippen LogP contribution in [0, 0.1) is 0 Å². The number of hydrogen-bond donors (Lipinski definition) is 1. The summed E-state index contributed by atoms with van der Waals surface area (Å²) in [7, 11) is 2.90. The highest BCUT2D eigenvalue weighted by Crippen LogP contribution is 2.29. The molecule has 0 saturated heterocycles. The number of anilines is 1. The van der Waals surface area contributed by atoms with Crippen LogP contribution in [0.15, 0.2) is 34.0 Å². The van der Waals surface area contributed by atoms with Crippen LogP contribution >= 0.6 is 23.2 Å². The number of nitrogens with one attached hydrogen (secondary N) is 1. The summed E-state index contributed by atoms with van der Waals surface area (Å²) in [5.74, 6) is -0.227. The molecule has 3 rings (SSSR count). The molecule has 2 aromatic heterocycles. The van der Waals surface area contributed by atoms with E-state index in [2.05, 4.69) is 10.3 Å². The van der Waals surface area contributed by atoms with Crippen LogP contribution in [0.5, 0.6) is 5.75 Å². The zero-order chi connectivity index (χ0) is 22.2. The Labute approximate surface area is 182 Å². The molecule has 0 saturated carbocycles. The van der Waals surface area contributed by atoms with Gasteiger partial charge >= 0.3 is 5.69 Å². The monoisotopic (exact) mass is 450 g/mol. The molecule has 0 fully saturated rings. The number of aryl methyl sites for hydroxylation is 1. The van der Waals surface area contributed by atoms with E-state index in [1.165, 1.54) is 24.7 Å². The second-order valence-electron chi connectivity index (χ2n) is 7.06. The smallest absolute Gasteiger partial charge is 0.332 e. The topological polar surface area (TPSA) is 95.2 Å². The number of rotatable bonds is 5. The van der Waals surface area contributed by atoms with Crippen molar-refractivity contribution in [1.82, 2.24) is 14.1 Å². The molecule has 3 aromatic rings. The van der Waals surface area contributed by atoms with Gasteiger partial charge in [0.05, 0.1) is 10.7 Å². The van der Waals surface area contributed by atoms with Crippen LogP contribution in [0.3, 0.4) is 0 Å². The summed E-state index contributed by atoms with van der Waals surface area (Å²) in [5.41, 5.74) is 0.109. The molecule has 1 aromatic carbocycles. The maximum atomic E-state index is 12.8. The van der Waals surface area contributed by atoms with Crippen LogP contribution < -0.4 is 21.3 Å². The largest absolute Gasteiger partial charge is 0.482 e. The first-order valence-corrected chi connectivity index (χ1v) is 9.83. The number of hydrogen-bond acceptors (Lipinski definition) is 5. The number of pyridine rings is 1. The Morgan fingerprint density at radius 3 is 2.53 bits per heavy atom. The summed E-state index contributed by atoms with van der Waals surface area (Å²) in [6, 6.07) is 4.66. The van der Waals surface area contributed by atoms with Crippen LogP contribution in [-0.4, -0.2) is 26.6 Å². The van der Waals surface area contributed by atoms with E-state index in [0.717, 1.165) is 4.57 Å². The molecule has 0 unspecified atom stereocenters. The number of fused-ring (bicyclic) bond motifs is 1. The van der Waals surface area contributed by atoms with Gasteiger partial charge in [-0.1, -0.05) is 37.0 Å². The van der Waals surface area contributed by atoms with Gasteiger partial charge in [-0.25, -0.2) is 9.78 Å². The molecule has 1 N–H and O–H groups in total. The number of halogens is 2. The zero-order valence-corrected chi connectivity index (χ0v) is 18.3. The van der Waals surface area contributed by atoms with Crippen LogP contribution in [0.2, 0.25) is 10.0 Å². The predicted molar refractivity (Wildman–Crippen MR) is 117 cm³/mol. The second kappa shape index (κ2) is 8.49. The highest BCUT2D eigenvalue weighted by Gasteiger charge is 2.20. The van der Waals surface area contributed by atoms with Crippen molar-refractivity contribution in [2.24, 2.45) is 14.1 Å². The van der Waals surface area contributed by atoms with Gasteiger partial charge in [-0.2, -0.15) is 0 Å². The van der Waals surface area contributed by atoms with E-state index in [1.807, 2.05) is 13.8 Å². The van der Waals surface area contributed by atoms with Crippen LogP contribution in [0.1, 0.15) is 25.3 Å². The lowest BCUT2D eigenvalue weighted by atomic mass is 10.0. The van der Waals surface area contributed by atoms with Crippen LogP contribution in [0.25, 0.3) is 11.0 Å². The Balaban J connectivity index is 2.01. The van der Waals surface area contributed by atoms with Gasteiger partial charge in [0.2, 0.25) is 0 Å². The highest BCUT2D eigenvalue weighted by molar-refractivity contribution is 6.35. The SMILES string of the molecule is CC(C)c1cnc2c(c1NC(=O)COc1ccc(Cl)cc1Cl)c(=O)n(C)c(=O)n2C. The molecule has 0 radical (unpaired) electrons. The lowest BCUT2D eigenvalue weighted by Gasteiger charge is -2.17. The third-order valence-electron chi connectivity index (χ3n) is 4.64. The number of carbonyl (C=O) groups excluding carboxylic acids is 1. The lowest BCUT2D eigenvalue weighted by molar-refractivity contribution is -0.118. The summed E-state index contributed by atoms with van der Waals surface area (Å²) in [6.07, 6.45) is 1.55. The summed E-state index contributed by atoms with van der Waals surface area (Å²) in [5, 5.41) is 3.63. The van der Waals surface area contributed by atoms with Gasteiger partial charge in [-0.15, -0.1) is 0 Å². The number of carbonyl (C=O) groups is 1. The molecule has 1 amide bonds. The van der Waals surface area contributed by atoms with Crippen molar-refractivity contribution in [3.63, 3.8) is 0 Å². The standard InChI is InChI=1S/C20H20Cl2N4O4/c1-10(2)12-8-23-18-16(19(28)26(4)20(29)25(18)3)17(12)24-15(27)9-30-14-6-5-11(21)7-13(14)22/h5-8,10H,9H2,1-4H3,(H,23,24,27). The van der Waals surface area contributed by atoms with E-state index < -0.39 is 17.2 Å². The number of nitrogens with zero attached hydrogens (tertiary/aromatic N) is 3. The third kappa shape index (κ3) is 4.06. The molecule has 10 heteroatoms. The first-order chi connectivity index (χ1) is 14.1. The number of amides is 1. The number of aromatic nitrogens is 3. The van der Waals surface area contributed by atoms with E-state index in [-0.39, 0.29) is 28.6 Å². The molecule has 0 atom stereocenters. The summed E-state index contributed by atoms with van der Waals surface area (Å²) < 4.78 is 7.72. The normalized spacial score (nSPS) is 11.2. The van der Waals surface area contributed by atoms with E-state index in [4.69, 9.17) is 27.9 Å². The van der Waals surface area contributed by atoms with Gasteiger partial charge in [0.1, 0.15) is 11.1 Å². The minimum atomic E-state index is -0.542. The Morgan fingerprint density at radius 2 is 1.90 bits per heavy atom. The Morgan fingerprint density at radius 1 is 1.20 bits per heavy atom. The second-order valence-corrected chi connectivity index (χ2v) is 7.90. The zero-order valence-electron chi connectivity index (χ0n) is 16.8. The quantitative estimate of drug-likeness (QED) is 0.644. The van der Waals surface area contributed by atoms with Gasteiger partial charge in [-0.05, 0) is 29.7 Å². The molecule has 0 aliphatic carbocycles. The molecular weight excluding hydrogens is 431 g/mol.